The molecule has 0 N–H and O–H groups in total. The van der Waals surface area contributed by atoms with Gasteiger partial charge >= 0.3 is 11.9 Å². The second kappa shape index (κ2) is 7.33. The minimum atomic E-state index is -0.391. The highest BCUT2D eigenvalue weighted by molar-refractivity contribution is 6.31. The van der Waals surface area contributed by atoms with Crippen molar-refractivity contribution in [2.75, 3.05) is 7.11 Å². The largest absolute Gasteiger partial charge is 0.493 e. The monoisotopic (exact) mass is 336 g/mol. The maximum atomic E-state index is 11.7. The van der Waals surface area contributed by atoms with Crippen LogP contribution in [0.25, 0.3) is 10.8 Å². The van der Waals surface area contributed by atoms with E-state index in [9.17, 15) is 9.59 Å². The van der Waals surface area contributed by atoms with E-state index in [0.29, 0.717) is 27.3 Å². The smallest absolute Gasteiger partial charge is 0.311 e. The Bertz CT molecular complexity index is 754. The lowest BCUT2D eigenvalue weighted by Crippen LogP contribution is -2.09. The third-order valence-electron chi connectivity index (χ3n) is 3.21. The number of hydrogen-bond donors (Lipinski definition) is 0. The summed E-state index contributed by atoms with van der Waals surface area (Å²) < 4.78 is 16.0. The summed E-state index contributed by atoms with van der Waals surface area (Å²) in [5, 5.41) is 1.62. The molecule has 0 radical (unpaired) electrons. The van der Waals surface area contributed by atoms with E-state index < -0.39 is 5.97 Å². The van der Waals surface area contributed by atoms with Gasteiger partial charge in [0.25, 0.3) is 0 Å². The van der Waals surface area contributed by atoms with Gasteiger partial charge in [-0.25, -0.2) is 0 Å². The number of carbonyl (C=O) groups is 2. The molecular formula is C17H17ClO5. The Morgan fingerprint density at radius 1 is 0.957 bits per heavy atom. The van der Waals surface area contributed by atoms with Crippen LogP contribution in [0.15, 0.2) is 24.3 Å². The highest BCUT2D eigenvalue weighted by Gasteiger charge is 2.19. The molecule has 0 aliphatic carbocycles. The van der Waals surface area contributed by atoms with Gasteiger partial charge in [-0.05, 0) is 18.2 Å². The number of fused-ring (bicyclic) bond motifs is 1. The number of hydrogen-bond acceptors (Lipinski definition) is 5. The molecule has 0 bridgehead atoms. The Labute approximate surface area is 139 Å². The van der Waals surface area contributed by atoms with Gasteiger partial charge in [0.15, 0.2) is 11.5 Å². The first kappa shape index (κ1) is 17.1. The molecule has 122 valence electrons. The summed E-state index contributed by atoms with van der Waals surface area (Å²) in [6, 6.07) is 6.53. The first-order valence-corrected chi connectivity index (χ1v) is 7.59. The Balaban J connectivity index is 2.69. The molecule has 0 amide bonds. The van der Waals surface area contributed by atoms with Crippen LogP contribution < -0.4 is 14.2 Å². The molecule has 0 spiro atoms. The zero-order valence-electron chi connectivity index (χ0n) is 13.1. The predicted molar refractivity (Wildman–Crippen MR) is 87.4 cm³/mol. The average Bonchev–Trinajstić information content (AvgIpc) is 2.56. The second-order valence-corrected chi connectivity index (χ2v) is 5.19. The van der Waals surface area contributed by atoms with Gasteiger partial charge in [-0.1, -0.05) is 25.4 Å². The Morgan fingerprint density at radius 2 is 1.61 bits per heavy atom. The summed E-state index contributed by atoms with van der Waals surface area (Å²) in [6.45, 7) is 3.40. The second-order valence-electron chi connectivity index (χ2n) is 4.75. The SMILES string of the molecule is CCC(=O)Oc1cc(OC)c(OC(=O)CC)c2ccc(Cl)cc12. The van der Waals surface area contributed by atoms with Crippen molar-refractivity contribution < 1.29 is 23.8 Å². The molecule has 0 heterocycles. The van der Waals surface area contributed by atoms with Crippen molar-refractivity contribution in [3.8, 4) is 17.2 Å². The highest BCUT2D eigenvalue weighted by Crippen LogP contribution is 2.42. The predicted octanol–water partition coefficient (Wildman–Crippen LogP) is 4.13. The summed E-state index contributed by atoms with van der Waals surface area (Å²) in [5.74, 6) is 0.120. The lowest BCUT2D eigenvalue weighted by atomic mass is 10.1. The van der Waals surface area contributed by atoms with Gasteiger partial charge in [0.2, 0.25) is 0 Å². The van der Waals surface area contributed by atoms with E-state index in [2.05, 4.69) is 0 Å². The summed E-state index contributed by atoms with van der Waals surface area (Å²) in [6.07, 6.45) is 0.460. The zero-order chi connectivity index (χ0) is 17.0. The van der Waals surface area contributed by atoms with Gasteiger partial charge in [-0.3, -0.25) is 9.59 Å². The third kappa shape index (κ3) is 3.74. The molecule has 6 heteroatoms. The quantitative estimate of drug-likeness (QED) is 0.606. The van der Waals surface area contributed by atoms with Crippen molar-refractivity contribution in [3.05, 3.63) is 29.3 Å². The standard InChI is InChI=1S/C17H17ClO5/c1-4-15(19)22-13-9-14(21-3)17(23-16(20)5-2)11-7-6-10(18)8-12(11)13/h6-9H,4-5H2,1-3H3. The number of carbonyl (C=O) groups excluding carboxylic acids is 2. The third-order valence-corrected chi connectivity index (χ3v) is 3.45. The van der Waals surface area contributed by atoms with E-state index in [1.165, 1.54) is 13.2 Å². The van der Waals surface area contributed by atoms with Crippen LogP contribution in [0.2, 0.25) is 5.02 Å². The maximum Gasteiger partial charge on any atom is 0.311 e. The fourth-order valence-electron chi connectivity index (χ4n) is 2.04. The molecule has 2 rings (SSSR count). The molecule has 0 saturated carbocycles. The highest BCUT2D eigenvalue weighted by atomic mass is 35.5. The lowest BCUT2D eigenvalue weighted by molar-refractivity contribution is -0.135. The number of benzene rings is 2. The molecule has 0 fully saturated rings. The minimum Gasteiger partial charge on any atom is -0.493 e. The Morgan fingerprint density at radius 3 is 2.22 bits per heavy atom. The number of ether oxygens (including phenoxy) is 3. The Kier molecular flexibility index (Phi) is 5.45. The van der Waals surface area contributed by atoms with E-state index in [0.717, 1.165) is 0 Å². The fourth-order valence-corrected chi connectivity index (χ4v) is 2.21. The van der Waals surface area contributed by atoms with Crippen molar-refractivity contribution in [2.45, 2.75) is 26.7 Å². The molecule has 5 nitrogen and oxygen atoms in total. The van der Waals surface area contributed by atoms with E-state index >= 15 is 0 Å². The topological polar surface area (TPSA) is 61.8 Å². The molecule has 2 aromatic carbocycles. The van der Waals surface area contributed by atoms with Gasteiger partial charge in [0.05, 0.1) is 7.11 Å². The lowest BCUT2D eigenvalue weighted by Gasteiger charge is -2.15. The van der Waals surface area contributed by atoms with E-state index in [1.54, 1.807) is 32.0 Å². The van der Waals surface area contributed by atoms with Crippen molar-refractivity contribution >= 4 is 34.3 Å². The summed E-state index contributed by atoms with van der Waals surface area (Å²) >= 11 is 6.04. The summed E-state index contributed by atoms with van der Waals surface area (Å²) in [7, 11) is 1.45. The van der Waals surface area contributed by atoms with Gasteiger partial charge < -0.3 is 14.2 Å². The minimum absolute atomic E-state index is 0.227. The van der Waals surface area contributed by atoms with Crippen LogP contribution in [0.3, 0.4) is 0 Å². The van der Waals surface area contributed by atoms with Gasteiger partial charge in [-0.15, -0.1) is 0 Å². The molecular weight excluding hydrogens is 320 g/mol. The number of halogens is 1. The number of esters is 2. The molecule has 0 unspecified atom stereocenters. The average molecular weight is 337 g/mol. The number of methoxy groups -OCH3 is 1. The Hall–Kier alpha value is -2.27. The molecule has 0 aliphatic rings. The fraction of sp³-hybridized carbons (Fsp3) is 0.294. The van der Waals surface area contributed by atoms with Gasteiger partial charge in [0.1, 0.15) is 5.75 Å². The van der Waals surface area contributed by atoms with Crippen LogP contribution in [0.5, 0.6) is 17.2 Å². The summed E-state index contributed by atoms with van der Waals surface area (Å²) in [4.78, 5) is 23.3. The summed E-state index contributed by atoms with van der Waals surface area (Å²) in [5.41, 5.74) is 0. The zero-order valence-corrected chi connectivity index (χ0v) is 13.9. The molecule has 0 aliphatic heterocycles. The van der Waals surface area contributed by atoms with Crippen LogP contribution in [0.1, 0.15) is 26.7 Å². The normalized spacial score (nSPS) is 10.4. The number of rotatable bonds is 5. The van der Waals surface area contributed by atoms with Gasteiger partial charge in [-0.2, -0.15) is 0 Å². The van der Waals surface area contributed by atoms with Gasteiger partial charge in [0, 0.05) is 34.7 Å². The molecule has 0 atom stereocenters. The maximum absolute atomic E-state index is 11.7. The van der Waals surface area contributed by atoms with E-state index in [4.69, 9.17) is 25.8 Å². The van der Waals surface area contributed by atoms with E-state index in [-0.39, 0.29) is 24.6 Å². The van der Waals surface area contributed by atoms with Crippen molar-refractivity contribution in [2.24, 2.45) is 0 Å². The van der Waals surface area contributed by atoms with Crippen molar-refractivity contribution in [3.63, 3.8) is 0 Å². The first-order chi connectivity index (χ1) is 11.0. The van der Waals surface area contributed by atoms with Crippen LogP contribution in [-0.2, 0) is 9.59 Å². The molecule has 2 aromatic rings. The molecule has 23 heavy (non-hydrogen) atoms. The van der Waals surface area contributed by atoms with Crippen molar-refractivity contribution in [1.29, 1.82) is 0 Å². The van der Waals surface area contributed by atoms with Crippen LogP contribution in [0, 0.1) is 0 Å². The molecule has 0 aromatic heterocycles. The van der Waals surface area contributed by atoms with Crippen LogP contribution in [-0.4, -0.2) is 19.0 Å². The van der Waals surface area contributed by atoms with Crippen molar-refractivity contribution in [1.82, 2.24) is 0 Å². The molecule has 0 saturated heterocycles. The van der Waals surface area contributed by atoms with Crippen LogP contribution in [0.4, 0.5) is 0 Å². The first-order valence-electron chi connectivity index (χ1n) is 7.21. The van der Waals surface area contributed by atoms with Crippen LogP contribution >= 0.6 is 11.6 Å². The van der Waals surface area contributed by atoms with E-state index in [1.807, 2.05) is 0 Å².